The van der Waals surface area contributed by atoms with E-state index in [4.69, 9.17) is 0 Å². The highest BCUT2D eigenvalue weighted by molar-refractivity contribution is 5.94. The van der Waals surface area contributed by atoms with Crippen molar-refractivity contribution in [2.75, 3.05) is 0 Å². The largest absolute Gasteiger partial charge is 0.278 e. The molecule has 0 unspecified atom stereocenters. The Hall–Kier alpha value is -3.00. The third-order valence-corrected chi connectivity index (χ3v) is 4.91. The van der Waals surface area contributed by atoms with Crippen molar-refractivity contribution in [3.05, 3.63) is 85.1 Å². The van der Waals surface area contributed by atoms with Crippen molar-refractivity contribution in [1.29, 1.82) is 0 Å². The summed E-state index contributed by atoms with van der Waals surface area (Å²) in [6.07, 6.45) is 2.18. The van der Waals surface area contributed by atoms with Crippen molar-refractivity contribution < 1.29 is 9.13 Å². The fourth-order valence-electron chi connectivity index (χ4n) is 3.78. The lowest BCUT2D eigenvalue weighted by Crippen LogP contribution is -2.53. The molecule has 0 atom stereocenters. The highest BCUT2D eigenvalue weighted by Crippen LogP contribution is 2.30. The molecule has 0 saturated heterocycles. The predicted molar refractivity (Wildman–Crippen MR) is 95.2 cm³/mol. The number of pyridine rings is 2. The second-order valence-electron chi connectivity index (χ2n) is 6.26. The van der Waals surface area contributed by atoms with Crippen LogP contribution in [0.5, 0.6) is 0 Å². The number of para-hydroxylation sites is 1. The summed E-state index contributed by atoms with van der Waals surface area (Å²) >= 11 is 0. The molecule has 5 rings (SSSR count). The minimum atomic E-state index is 1.01. The number of benzene rings is 2. The molecule has 114 valence electrons. The lowest BCUT2D eigenvalue weighted by atomic mass is 9.98. The van der Waals surface area contributed by atoms with E-state index in [9.17, 15) is 0 Å². The van der Waals surface area contributed by atoms with Crippen molar-refractivity contribution in [1.82, 2.24) is 0 Å². The summed E-state index contributed by atoms with van der Waals surface area (Å²) in [5.41, 5.74) is 6.45. The maximum atomic E-state index is 2.46. The summed E-state index contributed by atoms with van der Waals surface area (Å²) < 4.78 is 4.80. The molecule has 2 aromatic heterocycles. The number of aromatic nitrogens is 2. The van der Waals surface area contributed by atoms with E-state index in [2.05, 4.69) is 94.2 Å². The van der Waals surface area contributed by atoms with E-state index >= 15 is 0 Å². The minimum Gasteiger partial charge on any atom is -0.187 e. The summed E-state index contributed by atoms with van der Waals surface area (Å²) in [6, 6.07) is 28.2. The van der Waals surface area contributed by atoms with Gasteiger partial charge < -0.3 is 0 Å². The summed E-state index contributed by atoms with van der Waals surface area (Å²) in [7, 11) is 0. The van der Waals surface area contributed by atoms with Gasteiger partial charge in [0.25, 0.3) is 11.4 Å². The van der Waals surface area contributed by atoms with Gasteiger partial charge in [-0.1, -0.05) is 42.5 Å². The Morgan fingerprint density at radius 2 is 1.46 bits per heavy atom. The Morgan fingerprint density at radius 1 is 0.667 bits per heavy atom. The van der Waals surface area contributed by atoms with Gasteiger partial charge in [0, 0.05) is 29.8 Å². The van der Waals surface area contributed by atoms with Gasteiger partial charge in [0.2, 0.25) is 18.6 Å². The van der Waals surface area contributed by atoms with E-state index in [1.165, 1.54) is 33.4 Å². The Bertz CT molecular complexity index is 1050. The SMILES string of the molecule is c1ccc(-c2cc3[n+](c4ccccc24)CC[n+]2ccccc2-3)cc1. The Balaban J connectivity index is 1.90. The van der Waals surface area contributed by atoms with Gasteiger partial charge in [-0.2, -0.15) is 9.13 Å². The molecule has 0 bridgehead atoms. The maximum absolute atomic E-state index is 2.46. The molecule has 1 aliphatic rings. The fourth-order valence-corrected chi connectivity index (χ4v) is 3.78. The Kier molecular flexibility index (Phi) is 2.95. The molecule has 0 fully saturated rings. The van der Waals surface area contributed by atoms with E-state index in [1.807, 2.05) is 0 Å². The molecular weight excluding hydrogens is 292 g/mol. The van der Waals surface area contributed by atoms with Gasteiger partial charge in [-0.15, -0.1) is 0 Å². The molecule has 2 aromatic carbocycles. The van der Waals surface area contributed by atoms with Crippen molar-refractivity contribution in [2.45, 2.75) is 13.1 Å². The summed E-state index contributed by atoms with van der Waals surface area (Å²) in [5, 5.41) is 1.32. The van der Waals surface area contributed by atoms with Crippen molar-refractivity contribution >= 4 is 10.9 Å². The zero-order chi connectivity index (χ0) is 15.9. The highest BCUT2D eigenvalue weighted by Gasteiger charge is 2.32. The van der Waals surface area contributed by atoms with E-state index in [0.29, 0.717) is 0 Å². The average molecular weight is 310 g/mol. The standard InChI is InChI=1S/C22H18N2/c1-2-8-17(9-3-1)19-16-22-21-12-6-7-13-23(21)14-15-24(22)20-11-5-4-10-18(19)20/h1-13,16H,14-15H2/q+2. The summed E-state index contributed by atoms with van der Waals surface area (Å²) in [4.78, 5) is 0. The number of nitrogens with zero attached hydrogens (tertiary/aromatic N) is 2. The second-order valence-corrected chi connectivity index (χ2v) is 6.26. The van der Waals surface area contributed by atoms with Gasteiger partial charge in [-0.25, -0.2) is 0 Å². The first kappa shape index (κ1) is 13.4. The van der Waals surface area contributed by atoms with Crippen LogP contribution in [-0.4, -0.2) is 0 Å². The molecular formula is C22H18N2+2. The minimum absolute atomic E-state index is 1.01. The normalized spacial score (nSPS) is 12.7. The number of hydrogen-bond acceptors (Lipinski definition) is 0. The topological polar surface area (TPSA) is 7.76 Å². The first-order valence-electron chi connectivity index (χ1n) is 8.42. The zero-order valence-electron chi connectivity index (χ0n) is 13.4. The molecule has 2 nitrogen and oxygen atoms in total. The van der Waals surface area contributed by atoms with Crippen LogP contribution in [-0.2, 0) is 13.1 Å². The molecule has 2 heteroatoms. The molecule has 0 aliphatic carbocycles. The van der Waals surface area contributed by atoms with E-state index in [1.54, 1.807) is 0 Å². The molecule has 0 saturated carbocycles. The predicted octanol–water partition coefficient (Wildman–Crippen LogP) is 3.76. The van der Waals surface area contributed by atoms with E-state index in [-0.39, 0.29) is 0 Å². The molecule has 24 heavy (non-hydrogen) atoms. The highest BCUT2D eigenvalue weighted by atomic mass is 15.1. The van der Waals surface area contributed by atoms with Gasteiger partial charge in [0.15, 0.2) is 6.20 Å². The summed E-state index contributed by atoms with van der Waals surface area (Å²) in [6.45, 7) is 2.02. The van der Waals surface area contributed by atoms with Gasteiger partial charge in [0.05, 0.1) is 5.39 Å². The first-order chi connectivity index (χ1) is 11.9. The van der Waals surface area contributed by atoms with Crippen LogP contribution in [0.4, 0.5) is 0 Å². The van der Waals surface area contributed by atoms with Gasteiger partial charge in [0.1, 0.15) is 0 Å². The third kappa shape index (κ3) is 1.96. The summed E-state index contributed by atoms with van der Waals surface area (Å²) in [5.74, 6) is 0. The van der Waals surface area contributed by atoms with Crippen LogP contribution in [0.15, 0.2) is 85.1 Å². The van der Waals surface area contributed by atoms with Crippen LogP contribution in [0.3, 0.4) is 0 Å². The van der Waals surface area contributed by atoms with Gasteiger partial charge in [-0.05, 0) is 17.7 Å². The van der Waals surface area contributed by atoms with Gasteiger partial charge >= 0.3 is 0 Å². The molecule has 0 N–H and O–H groups in total. The number of fused-ring (bicyclic) bond motifs is 5. The first-order valence-corrected chi connectivity index (χ1v) is 8.42. The van der Waals surface area contributed by atoms with Crippen molar-refractivity contribution in [2.24, 2.45) is 0 Å². The molecule has 4 aromatic rings. The monoisotopic (exact) mass is 310 g/mol. The lowest BCUT2D eigenvalue weighted by Gasteiger charge is -2.14. The second kappa shape index (κ2) is 5.27. The van der Waals surface area contributed by atoms with Crippen molar-refractivity contribution in [3.8, 4) is 22.5 Å². The van der Waals surface area contributed by atoms with Crippen LogP contribution >= 0.6 is 0 Å². The van der Waals surface area contributed by atoms with E-state index in [0.717, 1.165) is 13.1 Å². The molecule has 0 radical (unpaired) electrons. The third-order valence-electron chi connectivity index (χ3n) is 4.91. The van der Waals surface area contributed by atoms with Crippen LogP contribution in [0.2, 0.25) is 0 Å². The zero-order valence-corrected chi connectivity index (χ0v) is 13.4. The quantitative estimate of drug-likeness (QED) is 0.473. The fraction of sp³-hybridized carbons (Fsp3) is 0.0909. The van der Waals surface area contributed by atoms with Crippen molar-refractivity contribution in [3.63, 3.8) is 0 Å². The number of rotatable bonds is 1. The van der Waals surface area contributed by atoms with Crippen LogP contribution in [0.1, 0.15) is 0 Å². The Labute approximate surface area is 141 Å². The van der Waals surface area contributed by atoms with E-state index < -0.39 is 0 Å². The Morgan fingerprint density at radius 3 is 2.38 bits per heavy atom. The van der Waals surface area contributed by atoms with Gasteiger partial charge in [-0.3, -0.25) is 0 Å². The number of hydrogen-bond donors (Lipinski definition) is 0. The lowest BCUT2D eigenvalue weighted by molar-refractivity contribution is -0.783. The van der Waals surface area contributed by atoms with Crippen LogP contribution in [0.25, 0.3) is 33.4 Å². The molecule has 1 aliphatic heterocycles. The average Bonchev–Trinajstić information content (AvgIpc) is 2.67. The molecule has 3 heterocycles. The van der Waals surface area contributed by atoms with Crippen LogP contribution in [0, 0.1) is 0 Å². The van der Waals surface area contributed by atoms with Crippen LogP contribution < -0.4 is 9.13 Å². The molecule has 0 spiro atoms. The smallest absolute Gasteiger partial charge is 0.187 e. The number of aryl methyl sites for hydroxylation is 2. The molecule has 0 amide bonds. The maximum Gasteiger partial charge on any atom is 0.278 e.